The SMILES string of the molecule is O=C(C1CCc2nc[nH]c2C1)N1CCN(c2ccc(Cl)c(Cl)c2)CC1. The zero-order valence-corrected chi connectivity index (χ0v) is 15.4. The maximum atomic E-state index is 12.9. The van der Waals surface area contributed by atoms with Crippen LogP contribution in [0.2, 0.25) is 10.0 Å². The second-order valence-corrected chi connectivity index (χ2v) is 7.49. The molecule has 2 aromatic rings. The number of hydrogen-bond donors (Lipinski definition) is 1. The largest absolute Gasteiger partial charge is 0.368 e. The van der Waals surface area contributed by atoms with E-state index in [0.29, 0.717) is 10.0 Å². The topological polar surface area (TPSA) is 52.2 Å². The Morgan fingerprint density at radius 2 is 1.96 bits per heavy atom. The van der Waals surface area contributed by atoms with E-state index >= 15 is 0 Å². The van der Waals surface area contributed by atoms with Crippen molar-refractivity contribution in [1.29, 1.82) is 0 Å². The van der Waals surface area contributed by atoms with E-state index in [1.54, 1.807) is 6.33 Å². The molecule has 1 aromatic carbocycles. The summed E-state index contributed by atoms with van der Waals surface area (Å²) >= 11 is 12.1. The molecule has 1 amide bonds. The molecule has 0 saturated carbocycles. The van der Waals surface area contributed by atoms with Crippen molar-refractivity contribution in [2.24, 2.45) is 5.92 Å². The number of rotatable bonds is 2. The van der Waals surface area contributed by atoms with Crippen LogP contribution in [-0.2, 0) is 17.6 Å². The highest BCUT2D eigenvalue weighted by Crippen LogP contribution is 2.29. The molecule has 1 aliphatic heterocycles. The number of H-pyrrole nitrogens is 1. The minimum atomic E-state index is 0.0736. The summed E-state index contributed by atoms with van der Waals surface area (Å²) in [6.45, 7) is 3.11. The Morgan fingerprint density at radius 1 is 1.16 bits per heavy atom. The van der Waals surface area contributed by atoms with E-state index in [2.05, 4.69) is 14.9 Å². The van der Waals surface area contributed by atoms with Gasteiger partial charge in [0.15, 0.2) is 0 Å². The van der Waals surface area contributed by atoms with Crippen molar-refractivity contribution in [1.82, 2.24) is 14.9 Å². The molecule has 0 bridgehead atoms. The van der Waals surface area contributed by atoms with Gasteiger partial charge in [-0.3, -0.25) is 4.79 Å². The van der Waals surface area contributed by atoms with E-state index in [-0.39, 0.29) is 11.8 Å². The molecule has 2 heterocycles. The molecule has 1 N–H and O–H groups in total. The van der Waals surface area contributed by atoms with Gasteiger partial charge in [0.25, 0.3) is 0 Å². The maximum Gasteiger partial charge on any atom is 0.226 e. The van der Waals surface area contributed by atoms with Crippen molar-refractivity contribution in [3.63, 3.8) is 0 Å². The van der Waals surface area contributed by atoms with Gasteiger partial charge >= 0.3 is 0 Å². The van der Waals surface area contributed by atoms with E-state index in [9.17, 15) is 4.79 Å². The second kappa shape index (κ2) is 6.89. The molecule has 0 radical (unpaired) electrons. The zero-order chi connectivity index (χ0) is 17.4. The van der Waals surface area contributed by atoms with Crippen LogP contribution >= 0.6 is 23.2 Å². The summed E-state index contributed by atoms with van der Waals surface area (Å²) in [6, 6.07) is 5.69. The predicted molar refractivity (Wildman–Crippen MR) is 99.4 cm³/mol. The third-order valence-electron chi connectivity index (χ3n) is 5.20. The molecule has 7 heteroatoms. The number of piperazine rings is 1. The van der Waals surface area contributed by atoms with Gasteiger partial charge in [-0.05, 0) is 31.0 Å². The molecule has 4 rings (SSSR count). The van der Waals surface area contributed by atoms with Crippen molar-refractivity contribution in [3.05, 3.63) is 46.0 Å². The summed E-state index contributed by atoms with van der Waals surface area (Å²) in [5, 5.41) is 1.13. The smallest absolute Gasteiger partial charge is 0.226 e. The monoisotopic (exact) mass is 378 g/mol. The van der Waals surface area contributed by atoms with Crippen LogP contribution in [0.5, 0.6) is 0 Å². The summed E-state index contributed by atoms with van der Waals surface area (Å²) in [7, 11) is 0. The van der Waals surface area contributed by atoms with Gasteiger partial charge in [-0.15, -0.1) is 0 Å². The number of amides is 1. The molecular formula is C18H20Cl2N4O. The molecule has 1 aromatic heterocycles. The average molecular weight is 379 g/mol. The van der Waals surface area contributed by atoms with Crippen LogP contribution in [0.4, 0.5) is 5.69 Å². The number of nitrogens with zero attached hydrogens (tertiary/aromatic N) is 3. The zero-order valence-electron chi connectivity index (χ0n) is 13.8. The van der Waals surface area contributed by atoms with Gasteiger partial charge in [0.1, 0.15) is 0 Å². The fourth-order valence-electron chi connectivity index (χ4n) is 3.74. The van der Waals surface area contributed by atoms with Crippen molar-refractivity contribution in [3.8, 4) is 0 Å². The van der Waals surface area contributed by atoms with E-state index in [4.69, 9.17) is 23.2 Å². The second-order valence-electron chi connectivity index (χ2n) is 6.68. The molecule has 25 heavy (non-hydrogen) atoms. The van der Waals surface area contributed by atoms with E-state index < -0.39 is 0 Å². The van der Waals surface area contributed by atoms with Gasteiger partial charge in [0.2, 0.25) is 5.91 Å². The highest BCUT2D eigenvalue weighted by Gasteiger charge is 2.31. The molecule has 132 valence electrons. The number of carbonyl (C=O) groups excluding carboxylic acids is 1. The number of anilines is 1. The number of benzene rings is 1. The number of imidazole rings is 1. The fraction of sp³-hybridized carbons (Fsp3) is 0.444. The summed E-state index contributed by atoms with van der Waals surface area (Å²) < 4.78 is 0. The van der Waals surface area contributed by atoms with Crippen LogP contribution in [0.3, 0.4) is 0 Å². The van der Waals surface area contributed by atoms with Crippen molar-refractivity contribution in [2.45, 2.75) is 19.3 Å². The Morgan fingerprint density at radius 3 is 2.72 bits per heavy atom. The van der Waals surface area contributed by atoms with Crippen molar-refractivity contribution < 1.29 is 4.79 Å². The van der Waals surface area contributed by atoms with Gasteiger partial charge in [-0.25, -0.2) is 4.98 Å². The first-order chi connectivity index (χ1) is 12.1. The first-order valence-electron chi connectivity index (χ1n) is 8.62. The Bertz CT molecular complexity index is 783. The number of hydrogen-bond acceptors (Lipinski definition) is 3. The maximum absolute atomic E-state index is 12.9. The lowest BCUT2D eigenvalue weighted by atomic mass is 9.88. The Hall–Kier alpha value is -1.72. The fourth-order valence-corrected chi connectivity index (χ4v) is 4.03. The van der Waals surface area contributed by atoms with E-state index in [1.165, 1.54) is 0 Å². The molecule has 2 aliphatic rings. The van der Waals surface area contributed by atoms with Crippen LogP contribution in [0.15, 0.2) is 24.5 Å². The van der Waals surface area contributed by atoms with Crippen LogP contribution < -0.4 is 4.90 Å². The Balaban J connectivity index is 1.37. The van der Waals surface area contributed by atoms with Crippen LogP contribution in [0.1, 0.15) is 17.8 Å². The van der Waals surface area contributed by atoms with Crippen LogP contribution in [-0.4, -0.2) is 47.0 Å². The molecule has 1 aliphatic carbocycles. The quantitative estimate of drug-likeness (QED) is 0.872. The first-order valence-corrected chi connectivity index (χ1v) is 9.37. The molecule has 5 nitrogen and oxygen atoms in total. The number of aryl methyl sites for hydroxylation is 1. The molecular weight excluding hydrogens is 359 g/mol. The highest BCUT2D eigenvalue weighted by molar-refractivity contribution is 6.42. The molecule has 1 unspecified atom stereocenters. The van der Waals surface area contributed by atoms with Gasteiger partial charge in [0, 0.05) is 49.9 Å². The van der Waals surface area contributed by atoms with Gasteiger partial charge in [-0.1, -0.05) is 23.2 Å². The Labute approximate surface area is 156 Å². The third-order valence-corrected chi connectivity index (χ3v) is 5.94. The summed E-state index contributed by atoms with van der Waals surface area (Å²) in [4.78, 5) is 24.6. The van der Waals surface area contributed by atoms with Crippen molar-refractivity contribution in [2.75, 3.05) is 31.1 Å². The summed E-state index contributed by atoms with van der Waals surface area (Å²) in [5.41, 5.74) is 3.30. The van der Waals surface area contributed by atoms with Crippen LogP contribution in [0, 0.1) is 5.92 Å². The number of aromatic amines is 1. The average Bonchev–Trinajstić information content (AvgIpc) is 3.11. The van der Waals surface area contributed by atoms with E-state index in [0.717, 1.165) is 62.5 Å². The van der Waals surface area contributed by atoms with Gasteiger partial charge in [-0.2, -0.15) is 0 Å². The first kappa shape index (κ1) is 16.7. The van der Waals surface area contributed by atoms with Crippen LogP contribution in [0.25, 0.3) is 0 Å². The van der Waals surface area contributed by atoms with Crippen molar-refractivity contribution >= 4 is 34.8 Å². The highest BCUT2D eigenvalue weighted by atomic mass is 35.5. The molecule has 1 atom stereocenters. The summed E-state index contributed by atoms with van der Waals surface area (Å²) in [5.74, 6) is 0.346. The standard InChI is InChI=1S/C18H20Cl2N4O/c19-14-3-2-13(10-15(14)20)23-5-7-24(8-6-23)18(25)12-1-4-16-17(9-12)22-11-21-16/h2-3,10-12H,1,4-9H2,(H,21,22). The number of fused-ring (bicyclic) bond motifs is 1. The van der Waals surface area contributed by atoms with Gasteiger partial charge < -0.3 is 14.8 Å². The lowest BCUT2D eigenvalue weighted by Gasteiger charge is -2.38. The minimum Gasteiger partial charge on any atom is -0.368 e. The van der Waals surface area contributed by atoms with Gasteiger partial charge in [0.05, 0.1) is 22.1 Å². The normalized spacial score (nSPS) is 20.5. The Kier molecular flexibility index (Phi) is 4.61. The molecule has 1 saturated heterocycles. The summed E-state index contributed by atoms with van der Waals surface area (Å²) in [6.07, 6.45) is 4.29. The third kappa shape index (κ3) is 3.35. The lowest BCUT2D eigenvalue weighted by molar-refractivity contribution is -0.136. The predicted octanol–water partition coefficient (Wildman–Crippen LogP) is 3.17. The molecule has 0 spiro atoms. The number of aromatic nitrogens is 2. The number of carbonyl (C=O) groups is 1. The number of nitrogens with one attached hydrogen (secondary N) is 1. The lowest BCUT2D eigenvalue weighted by Crippen LogP contribution is -2.51. The minimum absolute atomic E-state index is 0.0736. The number of halogens is 2. The van der Waals surface area contributed by atoms with E-state index in [1.807, 2.05) is 23.1 Å². The molecule has 1 fully saturated rings.